The minimum Gasteiger partial charge on any atom is -0.481 e. The third kappa shape index (κ3) is 3.95. The fourth-order valence-electron chi connectivity index (χ4n) is 2.35. The van der Waals surface area contributed by atoms with Crippen molar-refractivity contribution in [1.29, 1.82) is 0 Å². The highest BCUT2D eigenvalue weighted by Gasteiger charge is 2.22. The maximum absolute atomic E-state index is 13.2. The van der Waals surface area contributed by atoms with Gasteiger partial charge in [0.25, 0.3) is 5.91 Å². The summed E-state index contributed by atoms with van der Waals surface area (Å²) in [6.45, 7) is 3.35. The molecule has 5 heteroatoms. The van der Waals surface area contributed by atoms with Crippen molar-refractivity contribution in [3.05, 3.63) is 28.5 Å². The van der Waals surface area contributed by atoms with E-state index in [4.69, 9.17) is 4.74 Å². The topological polar surface area (TPSA) is 29.5 Å². The van der Waals surface area contributed by atoms with Crippen LogP contribution >= 0.6 is 15.9 Å². The number of likely N-dealkylation sites (tertiary alicyclic amines) is 1. The lowest BCUT2D eigenvalue weighted by Gasteiger charge is -2.24. The lowest BCUT2D eigenvalue weighted by molar-refractivity contribution is -0.137. The van der Waals surface area contributed by atoms with E-state index in [0.717, 1.165) is 25.9 Å². The Balaban J connectivity index is 1.97. The van der Waals surface area contributed by atoms with Gasteiger partial charge in [0.05, 0.1) is 4.47 Å². The molecular weight excluding hydrogens is 325 g/mol. The Morgan fingerprint density at radius 2 is 1.95 bits per heavy atom. The molecule has 1 atom stereocenters. The van der Waals surface area contributed by atoms with E-state index in [1.807, 2.05) is 4.90 Å². The number of ether oxygens (including phenoxy) is 1. The van der Waals surface area contributed by atoms with Gasteiger partial charge in [-0.3, -0.25) is 4.79 Å². The number of carbonyl (C=O) groups is 1. The molecule has 1 heterocycles. The molecule has 1 aromatic carbocycles. The van der Waals surface area contributed by atoms with Gasteiger partial charge in [0.1, 0.15) is 11.6 Å². The molecule has 2 rings (SSSR count). The molecule has 0 radical (unpaired) electrons. The fourth-order valence-corrected chi connectivity index (χ4v) is 2.71. The molecule has 0 spiro atoms. The smallest absolute Gasteiger partial charge is 0.263 e. The summed E-state index contributed by atoms with van der Waals surface area (Å²) in [6, 6.07) is 4.40. The van der Waals surface area contributed by atoms with Crippen molar-refractivity contribution in [2.45, 2.75) is 38.7 Å². The molecular formula is C15H19BrFNO2. The van der Waals surface area contributed by atoms with E-state index in [9.17, 15) is 9.18 Å². The number of hydrogen-bond donors (Lipinski definition) is 0. The van der Waals surface area contributed by atoms with Gasteiger partial charge in [-0.25, -0.2) is 4.39 Å². The predicted octanol–water partition coefficient (Wildman–Crippen LogP) is 3.76. The summed E-state index contributed by atoms with van der Waals surface area (Å²) in [5.74, 6) is 0.158. The van der Waals surface area contributed by atoms with Crippen LogP contribution in [0, 0.1) is 5.82 Å². The molecule has 1 saturated heterocycles. The van der Waals surface area contributed by atoms with Gasteiger partial charge in [-0.1, -0.05) is 12.8 Å². The molecule has 0 aromatic heterocycles. The van der Waals surface area contributed by atoms with E-state index >= 15 is 0 Å². The number of hydrogen-bond acceptors (Lipinski definition) is 2. The normalized spacial score (nSPS) is 17.4. The molecule has 1 aromatic rings. The predicted molar refractivity (Wildman–Crippen MR) is 79.2 cm³/mol. The zero-order chi connectivity index (χ0) is 14.5. The van der Waals surface area contributed by atoms with Crippen molar-refractivity contribution in [3.8, 4) is 5.75 Å². The van der Waals surface area contributed by atoms with Crippen LogP contribution in [-0.2, 0) is 4.79 Å². The van der Waals surface area contributed by atoms with Crippen LogP contribution in [0.1, 0.15) is 32.6 Å². The molecule has 20 heavy (non-hydrogen) atoms. The Morgan fingerprint density at radius 1 is 1.30 bits per heavy atom. The molecule has 1 amide bonds. The van der Waals surface area contributed by atoms with Crippen LogP contribution in [0.15, 0.2) is 22.7 Å². The second-order valence-corrected chi connectivity index (χ2v) is 5.93. The van der Waals surface area contributed by atoms with Gasteiger partial charge in [0.2, 0.25) is 0 Å². The molecule has 0 bridgehead atoms. The van der Waals surface area contributed by atoms with Gasteiger partial charge in [0.15, 0.2) is 6.10 Å². The number of carbonyl (C=O) groups excluding carboxylic acids is 1. The maximum atomic E-state index is 13.2. The molecule has 1 aliphatic heterocycles. The number of rotatable bonds is 3. The zero-order valence-electron chi connectivity index (χ0n) is 11.6. The van der Waals surface area contributed by atoms with Crippen LogP contribution in [-0.4, -0.2) is 30.0 Å². The van der Waals surface area contributed by atoms with E-state index < -0.39 is 6.10 Å². The first-order valence-electron chi connectivity index (χ1n) is 6.98. The Kier molecular flexibility index (Phi) is 5.40. The Hall–Kier alpha value is -1.10. The second-order valence-electron chi connectivity index (χ2n) is 5.08. The molecule has 1 unspecified atom stereocenters. The molecule has 1 aliphatic rings. The minimum absolute atomic E-state index is 0.00680. The van der Waals surface area contributed by atoms with Crippen LogP contribution in [0.3, 0.4) is 0 Å². The van der Waals surface area contributed by atoms with Gasteiger partial charge >= 0.3 is 0 Å². The van der Waals surface area contributed by atoms with E-state index in [1.165, 1.54) is 25.0 Å². The van der Waals surface area contributed by atoms with Crippen LogP contribution in [0.2, 0.25) is 0 Å². The van der Waals surface area contributed by atoms with Gasteiger partial charge in [-0.2, -0.15) is 0 Å². The van der Waals surface area contributed by atoms with Crippen molar-refractivity contribution < 1.29 is 13.9 Å². The van der Waals surface area contributed by atoms with E-state index in [-0.39, 0.29) is 11.7 Å². The standard InChI is InChI=1S/C15H19BrFNO2/c1-11(15(19)18-8-4-2-3-5-9-18)20-12-6-7-14(17)13(16)10-12/h6-7,10-11H,2-5,8-9H2,1H3. The number of amides is 1. The average Bonchev–Trinajstić information content (AvgIpc) is 2.71. The van der Waals surface area contributed by atoms with Crippen LogP contribution in [0.5, 0.6) is 5.75 Å². The first-order chi connectivity index (χ1) is 9.58. The van der Waals surface area contributed by atoms with Gasteiger partial charge < -0.3 is 9.64 Å². The van der Waals surface area contributed by atoms with Gasteiger partial charge in [-0.05, 0) is 53.9 Å². The summed E-state index contributed by atoms with van der Waals surface area (Å²) in [4.78, 5) is 14.2. The second kappa shape index (κ2) is 7.07. The lowest BCUT2D eigenvalue weighted by atomic mass is 10.2. The zero-order valence-corrected chi connectivity index (χ0v) is 13.2. The van der Waals surface area contributed by atoms with Gasteiger partial charge in [-0.15, -0.1) is 0 Å². The summed E-state index contributed by atoms with van der Waals surface area (Å²) in [7, 11) is 0. The van der Waals surface area contributed by atoms with Crippen LogP contribution in [0.25, 0.3) is 0 Å². The van der Waals surface area contributed by atoms with Gasteiger partial charge in [0, 0.05) is 13.1 Å². The van der Waals surface area contributed by atoms with Crippen LogP contribution < -0.4 is 4.74 Å². The highest BCUT2D eigenvalue weighted by Crippen LogP contribution is 2.23. The summed E-state index contributed by atoms with van der Waals surface area (Å²) in [6.07, 6.45) is 3.93. The summed E-state index contributed by atoms with van der Waals surface area (Å²) in [5.41, 5.74) is 0. The maximum Gasteiger partial charge on any atom is 0.263 e. The Morgan fingerprint density at radius 3 is 2.55 bits per heavy atom. The molecule has 3 nitrogen and oxygen atoms in total. The molecule has 110 valence electrons. The fraction of sp³-hybridized carbons (Fsp3) is 0.533. The quantitative estimate of drug-likeness (QED) is 0.836. The highest BCUT2D eigenvalue weighted by molar-refractivity contribution is 9.10. The van der Waals surface area contributed by atoms with Crippen molar-refractivity contribution in [2.24, 2.45) is 0 Å². The molecule has 0 N–H and O–H groups in total. The third-order valence-corrected chi connectivity index (χ3v) is 4.08. The number of halogens is 2. The SMILES string of the molecule is CC(Oc1ccc(F)c(Br)c1)C(=O)N1CCCCCC1. The number of nitrogens with zero attached hydrogens (tertiary/aromatic N) is 1. The van der Waals surface area contributed by atoms with E-state index in [1.54, 1.807) is 13.0 Å². The first kappa shape index (κ1) is 15.3. The third-order valence-electron chi connectivity index (χ3n) is 3.47. The lowest BCUT2D eigenvalue weighted by Crippen LogP contribution is -2.41. The van der Waals surface area contributed by atoms with Crippen LogP contribution in [0.4, 0.5) is 4.39 Å². The average molecular weight is 344 g/mol. The molecule has 0 aliphatic carbocycles. The minimum atomic E-state index is -0.550. The monoisotopic (exact) mass is 343 g/mol. The highest BCUT2D eigenvalue weighted by atomic mass is 79.9. The van der Waals surface area contributed by atoms with E-state index in [0.29, 0.717) is 10.2 Å². The molecule has 1 fully saturated rings. The summed E-state index contributed by atoms with van der Waals surface area (Å²) >= 11 is 3.11. The largest absolute Gasteiger partial charge is 0.481 e. The van der Waals surface area contributed by atoms with E-state index in [2.05, 4.69) is 15.9 Å². The first-order valence-corrected chi connectivity index (χ1v) is 7.78. The van der Waals surface area contributed by atoms with Crippen molar-refractivity contribution in [2.75, 3.05) is 13.1 Å². The summed E-state index contributed by atoms with van der Waals surface area (Å²) in [5, 5.41) is 0. The van der Waals surface area contributed by atoms with Crippen molar-refractivity contribution >= 4 is 21.8 Å². The summed E-state index contributed by atoms with van der Waals surface area (Å²) < 4.78 is 19.1. The van der Waals surface area contributed by atoms with Crippen molar-refractivity contribution in [1.82, 2.24) is 4.90 Å². The molecule has 0 saturated carbocycles. The Labute approximate surface area is 127 Å². The Bertz CT molecular complexity index is 473. The van der Waals surface area contributed by atoms with Crippen molar-refractivity contribution in [3.63, 3.8) is 0 Å². The number of benzene rings is 1.